The first-order valence-corrected chi connectivity index (χ1v) is 10.1. The van der Waals surface area contributed by atoms with Crippen LogP contribution in [0, 0.1) is 0 Å². The van der Waals surface area contributed by atoms with Crippen LogP contribution in [0.2, 0.25) is 0 Å². The highest BCUT2D eigenvalue weighted by molar-refractivity contribution is 7.99. The third-order valence-electron chi connectivity index (χ3n) is 4.11. The van der Waals surface area contributed by atoms with Crippen molar-refractivity contribution >= 4 is 17.7 Å². The number of thioether (sulfide) groups is 1. The highest BCUT2D eigenvalue weighted by atomic mass is 32.2. The summed E-state index contributed by atoms with van der Waals surface area (Å²) in [4.78, 5) is 20.2. The lowest BCUT2D eigenvalue weighted by Gasteiger charge is -2.14. The maximum atomic E-state index is 11.5. The van der Waals surface area contributed by atoms with Crippen LogP contribution in [0.3, 0.4) is 0 Å². The molecule has 0 amide bonds. The first-order chi connectivity index (χ1) is 13.5. The fraction of sp³-hybridized carbons (Fsp3) is 0.450. The van der Waals surface area contributed by atoms with E-state index in [-0.39, 0.29) is 5.69 Å². The number of ether oxygens (including phenoxy) is 3. The highest BCUT2D eigenvalue weighted by Gasteiger charge is 2.17. The van der Waals surface area contributed by atoms with Crippen LogP contribution >= 0.6 is 11.8 Å². The summed E-state index contributed by atoms with van der Waals surface area (Å²) >= 11 is 1.47. The van der Waals surface area contributed by atoms with Gasteiger partial charge in [0.15, 0.2) is 22.3 Å². The van der Waals surface area contributed by atoms with E-state index >= 15 is 0 Å². The molecule has 0 saturated carbocycles. The lowest BCUT2D eigenvalue weighted by Crippen LogP contribution is -2.04. The van der Waals surface area contributed by atoms with E-state index in [1.165, 1.54) is 52.0 Å². The number of carbonyl (C=O) groups is 1. The van der Waals surface area contributed by atoms with Gasteiger partial charge in [0, 0.05) is 11.3 Å². The minimum absolute atomic E-state index is 0.0465. The molecule has 1 N–H and O–H groups in total. The molecule has 0 aliphatic heterocycles. The molecule has 0 unspecified atom stereocenters. The average molecular weight is 407 g/mol. The minimum Gasteiger partial charge on any atom is -0.493 e. The van der Waals surface area contributed by atoms with Crippen molar-refractivity contribution in [2.45, 2.75) is 37.8 Å². The van der Waals surface area contributed by atoms with Crippen molar-refractivity contribution in [2.75, 3.05) is 27.1 Å². The number of methoxy groups -OCH3 is 3. The summed E-state index contributed by atoms with van der Waals surface area (Å²) in [6.07, 6.45) is 4.54. The summed E-state index contributed by atoms with van der Waals surface area (Å²) in [6, 6.07) is 4.93. The van der Waals surface area contributed by atoms with Gasteiger partial charge in [0.05, 0.1) is 27.0 Å². The van der Waals surface area contributed by atoms with Gasteiger partial charge in [0.1, 0.15) is 0 Å². The number of carboxylic acids is 1. The van der Waals surface area contributed by atoms with E-state index in [9.17, 15) is 9.90 Å². The molecule has 1 aromatic heterocycles. The van der Waals surface area contributed by atoms with Crippen molar-refractivity contribution in [3.8, 4) is 28.5 Å². The predicted octanol–water partition coefficient (Wildman–Crippen LogP) is 4.54. The zero-order valence-electron chi connectivity index (χ0n) is 16.7. The number of hydrogen-bond donors (Lipinski definition) is 1. The van der Waals surface area contributed by atoms with Crippen molar-refractivity contribution in [3.05, 3.63) is 23.9 Å². The summed E-state index contributed by atoms with van der Waals surface area (Å²) < 4.78 is 16.1. The molecule has 0 aliphatic rings. The number of nitrogens with zero attached hydrogens (tertiary/aromatic N) is 2. The topological polar surface area (TPSA) is 90.8 Å². The zero-order valence-corrected chi connectivity index (χ0v) is 17.5. The van der Waals surface area contributed by atoms with Crippen molar-refractivity contribution in [1.29, 1.82) is 0 Å². The summed E-state index contributed by atoms with van der Waals surface area (Å²) in [7, 11) is 4.59. The van der Waals surface area contributed by atoms with Crippen LogP contribution in [0.5, 0.6) is 17.2 Å². The molecule has 0 radical (unpaired) electrons. The standard InChI is InChI=1S/C20H26N2O5S/c1-5-6-7-8-9-28-20-21-14(12-15(22-20)19(23)24)13-10-16(25-2)18(27-4)17(11-13)26-3/h10-12H,5-9H2,1-4H3,(H,23,24). The highest BCUT2D eigenvalue weighted by Crippen LogP contribution is 2.41. The van der Waals surface area contributed by atoms with E-state index in [1.54, 1.807) is 12.1 Å². The number of hydrogen-bond acceptors (Lipinski definition) is 7. The molecule has 1 heterocycles. The third kappa shape index (κ3) is 5.51. The second kappa shape index (κ2) is 10.8. The second-order valence-electron chi connectivity index (χ2n) is 6.05. The van der Waals surface area contributed by atoms with Crippen LogP contribution in [0.1, 0.15) is 43.1 Å². The van der Waals surface area contributed by atoms with Crippen molar-refractivity contribution in [1.82, 2.24) is 9.97 Å². The lowest BCUT2D eigenvalue weighted by molar-refractivity contribution is 0.0689. The smallest absolute Gasteiger partial charge is 0.354 e. The number of aromatic carboxylic acids is 1. The molecular formula is C20H26N2O5S. The molecule has 28 heavy (non-hydrogen) atoms. The van der Waals surface area contributed by atoms with Gasteiger partial charge in [-0.05, 0) is 24.6 Å². The van der Waals surface area contributed by atoms with Gasteiger partial charge >= 0.3 is 5.97 Å². The summed E-state index contributed by atoms with van der Waals surface area (Å²) in [5.74, 6) is 1.16. The Morgan fingerprint density at radius 2 is 1.68 bits per heavy atom. The molecule has 0 spiro atoms. The van der Waals surface area contributed by atoms with Gasteiger partial charge in [-0.15, -0.1) is 0 Å². The Labute approximate surface area is 169 Å². The third-order valence-corrected chi connectivity index (χ3v) is 5.05. The van der Waals surface area contributed by atoms with Crippen LogP contribution in [0.25, 0.3) is 11.3 Å². The Balaban J connectivity index is 2.39. The van der Waals surface area contributed by atoms with Gasteiger partial charge in [0.25, 0.3) is 0 Å². The molecule has 0 atom stereocenters. The first kappa shape index (κ1) is 21.8. The molecule has 0 fully saturated rings. The zero-order chi connectivity index (χ0) is 20.5. The number of unbranched alkanes of at least 4 members (excludes halogenated alkanes) is 3. The molecule has 0 bridgehead atoms. The lowest BCUT2D eigenvalue weighted by atomic mass is 10.1. The second-order valence-corrected chi connectivity index (χ2v) is 7.11. The quantitative estimate of drug-likeness (QED) is 0.330. The van der Waals surface area contributed by atoms with Crippen LogP contribution in [-0.4, -0.2) is 48.1 Å². The fourth-order valence-corrected chi connectivity index (χ4v) is 3.53. The average Bonchev–Trinajstić information content (AvgIpc) is 2.72. The van der Waals surface area contributed by atoms with Crippen LogP contribution in [0.15, 0.2) is 23.4 Å². The van der Waals surface area contributed by atoms with E-state index < -0.39 is 5.97 Å². The molecule has 152 valence electrons. The first-order valence-electron chi connectivity index (χ1n) is 9.09. The van der Waals surface area contributed by atoms with E-state index in [0.29, 0.717) is 33.7 Å². The van der Waals surface area contributed by atoms with E-state index in [4.69, 9.17) is 14.2 Å². The monoisotopic (exact) mass is 406 g/mol. The maximum Gasteiger partial charge on any atom is 0.354 e. The minimum atomic E-state index is -1.09. The molecule has 0 saturated heterocycles. The predicted molar refractivity (Wildman–Crippen MR) is 109 cm³/mol. The Hall–Kier alpha value is -2.48. The Morgan fingerprint density at radius 1 is 1.00 bits per heavy atom. The van der Waals surface area contributed by atoms with Gasteiger partial charge in [-0.3, -0.25) is 0 Å². The van der Waals surface area contributed by atoms with Gasteiger partial charge in [-0.2, -0.15) is 0 Å². The Morgan fingerprint density at radius 3 is 2.21 bits per heavy atom. The Kier molecular flexibility index (Phi) is 8.38. The van der Waals surface area contributed by atoms with Gasteiger partial charge < -0.3 is 19.3 Å². The van der Waals surface area contributed by atoms with Crippen LogP contribution in [-0.2, 0) is 0 Å². The molecule has 2 aromatic rings. The van der Waals surface area contributed by atoms with E-state index in [0.717, 1.165) is 18.6 Å². The van der Waals surface area contributed by atoms with Gasteiger partial charge in [0.2, 0.25) is 5.75 Å². The fourth-order valence-electron chi connectivity index (χ4n) is 2.67. The normalized spacial score (nSPS) is 10.6. The van der Waals surface area contributed by atoms with Crippen LogP contribution < -0.4 is 14.2 Å². The Bertz CT molecular complexity index is 788. The molecular weight excluding hydrogens is 380 g/mol. The summed E-state index contributed by atoms with van der Waals surface area (Å²) in [6.45, 7) is 2.16. The molecule has 8 heteroatoms. The van der Waals surface area contributed by atoms with Gasteiger partial charge in [-0.25, -0.2) is 14.8 Å². The molecule has 7 nitrogen and oxygen atoms in total. The van der Waals surface area contributed by atoms with E-state index in [1.807, 2.05) is 0 Å². The number of benzene rings is 1. The number of carboxylic acid groups (broad SMARTS) is 1. The maximum absolute atomic E-state index is 11.5. The number of rotatable bonds is 11. The molecule has 0 aliphatic carbocycles. The van der Waals surface area contributed by atoms with Gasteiger partial charge in [-0.1, -0.05) is 37.9 Å². The molecule has 2 rings (SSSR count). The largest absolute Gasteiger partial charge is 0.493 e. The molecule has 1 aromatic carbocycles. The summed E-state index contributed by atoms with van der Waals surface area (Å²) in [5, 5.41) is 9.88. The van der Waals surface area contributed by atoms with Crippen molar-refractivity contribution < 1.29 is 24.1 Å². The van der Waals surface area contributed by atoms with E-state index in [2.05, 4.69) is 16.9 Å². The van der Waals surface area contributed by atoms with Crippen molar-refractivity contribution in [2.24, 2.45) is 0 Å². The summed E-state index contributed by atoms with van der Waals surface area (Å²) in [5.41, 5.74) is 1.10. The van der Waals surface area contributed by atoms with Crippen LogP contribution in [0.4, 0.5) is 0 Å². The number of aromatic nitrogens is 2. The SMILES string of the molecule is CCCCCCSc1nc(C(=O)O)cc(-c2cc(OC)c(OC)c(OC)c2)n1. The van der Waals surface area contributed by atoms with Crippen molar-refractivity contribution in [3.63, 3.8) is 0 Å².